The van der Waals surface area contributed by atoms with E-state index >= 15 is 0 Å². The average Bonchev–Trinajstić information content (AvgIpc) is 3.46. The SMILES string of the molecule is COc1ccc(-c2cccs2)cc1CC(=O)c1ccc(NC(=O)c2cccn2C)cc1. The fourth-order valence-corrected chi connectivity index (χ4v) is 4.14. The van der Waals surface area contributed by atoms with E-state index in [0.717, 1.165) is 16.0 Å². The second-order valence-corrected chi connectivity index (χ2v) is 8.09. The lowest BCUT2D eigenvalue weighted by atomic mass is 9.99. The lowest BCUT2D eigenvalue weighted by Gasteiger charge is -2.11. The third kappa shape index (κ3) is 4.59. The van der Waals surface area contributed by atoms with Crippen molar-refractivity contribution in [1.29, 1.82) is 0 Å². The number of benzene rings is 2. The van der Waals surface area contributed by atoms with Crippen molar-refractivity contribution >= 4 is 28.7 Å². The number of ketones is 1. The number of amides is 1. The number of thiophene rings is 1. The highest BCUT2D eigenvalue weighted by Gasteiger charge is 2.14. The van der Waals surface area contributed by atoms with E-state index in [9.17, 15) is 9.59 Å². The number of nitrogens with zero attached hydrogens (tertiary/aromatic N) is 1. The number of methoxy groups -OCH3 is 1. The summed E-state index contributed by atoms with van der Waals surface area (Å²) < 4.78 is 7.22. The molecule has 156 valence electrons. The first-order valence-corrected chi connectivity index (χ1v) is 10.7. The highest BCUT2D eigenvalue weighted by Crippen LogP contribution is 2.30. The van der Waals surface area contributed by atoms with Gasteiger partial charge in [-0.2, -0.15) is 0 Å². The van der Waals surface area contributed by atoms with Crippen LogP contribution in [0.2, 0.25) is 0 Å². The van der Waals surface area contributed by atoms with Crippen LogP contribution in [-0.4, -0.2) is 23.4 Å². The maximum absolute atomic E-state index is 12.9. The Morgan fingerprint density at radius 1 is 1.03 bits per heavy atom. The molecular weight excluding hydrogens is 408 g/mol. The second kappa shape index (κ2) is 9.02. The van der Waals surface area contributed by atoms with Gasteiger partial charge in [0.15, 0.2) is 5.78 Å². The van der Waals surface area contributed by atoms with E-state index in [4.69, 9.17) is 4.74 Å². The number of carbonyl (C=O) groups is 2. The molecule has 2 heterocycles. The smallest absolute Gasteiger partial charge is 0.272 e. The first-order valence-electron chi connectivity index (χ1n) is 9.82. The number of aryl methyl sites for hydroxylation is 1. The summed E-state index contributed by atoms with van der Waals surface area (Å²) in [6.07, 6.45) is 2.05. The molecule has 0 saturated carbocycles. The van der Waals surface area contributed by atoms with Crippen LogP contribution in [0.1, 0.15) is 26.4 Å². The van der Waals surface area contributed by atoms with E-state index < -0.39 is 0 Å². The molecule has 1 amide bonds. The minimum absolute atomic E-state index is 0.0121. The molecule has 0 aliphatic carbocycles. The summed E-state index contributed by atoms with van der Waals surface area (Å²) in [6, 6.07) is 20.5. The van der Waals surface area contributed by atoms with Gasteiger partial charge >= 0.3 is 0 Å². The van der Waals surface area contributed by atoms with Gasteiger partial charge in [-0.05, 0) is 71.6 Å². The summed E-state index contributed by atoms with van der Waals surface area (Å²) in [5, 5.41) is 4.88. The van der Waals surface area contributed by atoms with Crippen LogP contribution in [0.4, 0.5) is 5.69 Å². The van der Waals surface area contributed by atoms with Crippen molar-refractivity contribution in [2.75, 3.05) is 12.4 Å². The molecule has 0 spiro atoms. The summed E-state index contributed by atoms with van der Waals surface area (Å²) in [5.41, 5.74) is 3.70. The van der Waals surface area contributed by atoms with Gasteiger partial charge in [0.1, 0.15) is 11.4 Å². The highest BCUT2D eigenvalue weighted by molar-refractivity contribution is 7.13. The Bertz CT molecular complexity index is 1210. The number of carbonyl (C=O) groups excluding carboxylic acids is 2. The van der Waals surface area contributed by atoms with Crippen molar-refractivity contribution in [2.45, 2.75) is 6.42 Å². The summed E-state index contributed by atoms with van der Waals surface area (Å²) in [6.45, 7) is 0. The summed E-state index contributed by atoms with van der Waals surface area (Å²) in [5.74, 6) is 0.490. The fraction of sp³-hybridized carbons (Fsp3) is 0.120. The molecule has 6 heteroatoms. The standard InChI is InChI=1S/C25H22N2O3S/c1-27-13-3-5-21(27)25(29)26-20-10-7-17(8-11-20)22(28)16-19-15-18(9-12-23(19)30-2)24-6-4-14-31-24/h3-15H,16H2,1-2H3,(H,26,29). The zero-order chi connectivity index (χ0) is 21.8. The second-order valence-electron chi connectivity index (χ2n) is 7.14. The maximum atomic E-state index is 12.9. The Morgan fingerprint density at radius 2 is 1.84 bits per heavy atom. The Morgan fingerprint density at radius 3 is 2.48 bits per heavy atom. The molecule has 0 aliphatic rings. The topological polar surface area (TPSA) is 60.3 Å². The van der Waals surface area contributed by atoms with Crippen LogP contribution in [0.25, 0.3) is 10.4 Å². The van der Waals surface area contributed by atoms with Gasteiger partial charge < -0.3 is 14.6 Å². The van der Waals surface area contributed by atoms with Gasteiger partial charge in [-0.1, -0.05) is 6.07 Å². The zero-order valence-electron chi connectivity index (χ0n) is 17.3. The van der Waals surface area contributed by atoms with E-state index in [1.165, 1.54) is 0 Å². The van der Waals surface area contributed by atoms with Crippen LogP contribution in [0, 0.1) is 0 Å². The van der Waals surface area contributed by atoms with Crippen molar-refractivity contribution in [3.63, 3.8) is 0 Å². The molecule has 0 saturated heterocycles. The third-order valence-electron chi connectivity index (χ3n) is 5.08. The van der Waals surface area contributed by atoms with Gasteiger partial charge in [-0.25, -0.2) is 0 Å². The molecule has 2 aromatic carbocycles. The lowest BCUT2D eigenvalue weighted by molar-refractivity contribution is 0.0990. The molecule has 0 aliphatic heterocycles. The fourth-order valence-electron chi connectivity index (χ4n) is 3.42. The number of ether oxygens (including phenoxy) is 1. The normalized spacial score (nSPS) is 10.6. The average molecular weight is 431 g/mol. The number of aromatic nitrogens is 1. The highest BCUT2D eigenvalue weighted by atomic mass is 32.1. The van der Waals surface area contributed by atoms with Crippen molar-refractivity contribution in [1.82, 2.24) is 4.57 Å². The summed E-state index contributed by atoms with van der Waals surface area (Å²) in [7, 11) is 3.43. The third-order valence-corrected chi connectivity index (χ3v) is 6.00. The number of nitrogens with one attached hydrogen (secondary N) is 1. The molecule has 5 nitrogen and oxygen atoms in total. The molecule has 0 fully saturated rings. The largest absolute Gasteiger partial charge is 0.496 e. The number of hydrogen-bond donors (Lipinski definition) is 1. The van der Waals surface area contributed by atoms with Crippen LogP contribution >= 0.6 is 11.3 Å². The first-order chi connectivity index (χ1) is 15.0. The van der Waals surface area contributed by atoms with E-state index in [2.05, 4.69) is 11.4 Å². The van der Waals surface area contributed by atoms with Crippen LogP contribution in [-0.2, 0) is 13.5 Å². The Hall–Kier alpha value is -3.64. The maximum Gasteiger partial charge on any atom is 0.272 e. The molecule has 1 N–H and O–H groups in total. The van der Waals surface area contributed by atoms with E-state index in [1.807, 2.05) is 49.0 Å². The minimum atomic E-state index is -0.193. The minimum Gasteiger partial charge on any atom is -0.496 e. The molecule has 0 bridgehead atoms. The van der Waals surface area contributed by atoms with Crippen molar-refractivity contribution in [3.8, 4) is 16.2 Å². The molecule has 0 atom stereocenters. The van der Waals surface area contributed by atoms with Crippen molar-refractivity contribution in [2.24, 2.45) is 7.05 Å². The Labute approximate surface area is 184 Å². The molecule has 31 heavy (non-hydrogen) atoms. The number of hydrogen-bond acceptors (Lipinski definition) is 4. The Kier molecular flexibility index (Phi) is 6.00. The monoisotopic (exact) mass is 430 g/mol. The van der Waals surface area contributed by atoms with Gasteiger partial charge in [0.2, 0.25) is 0 Å². The number of rotatable bonds is 7. The van der Waals surface area contributed by atoms with Gasteiger partial charge in [0.05, 0.1) is 7.11 Å². The lowest BCUT2D eigenvalue weighted by Crippen LogP contribution is -2.15. The van der Waals surface area contributed by atoms with Crippen LogP contribution in [0.15, 0.2) is 78.3 Å². The summed E-state index contributed by atoms with van der Waals surface area (Å²) in [4.78, 5) is 26.4. The molecule has 4 aromatic rings. The summed E-state index contributed by atoms with van der Waals surface area (Å²) >= 11 is 1.66. The predicted octanol–water partition coefficient (Wildman–Crippen LogP) is 5.44. The van der Waals surface area contributed by atoms with Gasteiger partial charge in [0.25, 0.3) is 5.91 Å². The van der Waals surface area contributed by atoms with Gasteiger partial charge in [-0.15, -0.1) is 11.3 Å². The first kappa shape index (κ1) is 20.6. The molecule has 4 rings (SSSR count). The molecule has 0 radical (unpaired) electrons. The van der Waals surface area contributed by atoms with Crippen LogP contribution < -0.4 is 10.1 Å². The number of anilines is 1. The van der Waals surface area contributed by atoms with Crippen LogP contribution in [0.3, 0.4) is 0 Å². The van der Waals surface area contributed by atoms with E-state index in [1.54, 1.807) is 53.3 Å². The van der Waals surface area contributed by atoms with Crippen molar-refractivity contribution in [3.05, 3.63) is 95.1 Å². The van der Waals surface area contributed by atoms with Crippen molar-refractivity contribution < 1.29 is 14.3 Å². The Balaban J connectivity index is 1.48. The quantitative estimate of drug-likeness (QED) is 0.397. The van der Waals surface area contributed by atoms with Crippen LogP contribution in [0.5, 0.6) is 5.75 Å². The van der Waals surface area contributed by atoms with E-state index in [0.29, 0.717) is 22.7 Å². The molecule has 2 aromatic heterocycles. The van der Waals surface area contributed by atoms with E-state index in [-0.39, 0.29) is 18.1 Å². The molecular formula is C25H22N2O3S. The van der Waals surface area contributed by atoms with Gasteiger partial charge in [0, 0.05) is 41.4 Å². The van der Waals surface area contributed by atoms with Gasteiger partial charge in [-0.3, -0.25) is 9.59 Å². The predicted molar refractivity (Wildman–Crippen MR) is 124 cm³/mol. The number of Topliss-reactive ketones (excluding diaryl/α,β-unsaturated/α-hetero) is 1. The zero-order valence-corrected chi connectivity index (χ0v) is 18.1. The molecule has 0 unspecified atom stereocenters.